The molecule has 1 heterocycles. The van der Waals surface area contributed by atoms with E-state index in [4.69, 9.17) is 0 Å². The van der Waals surface area contributed by atoms with Crippen LogP contribution in [-0.4, -0.2) is 18.5 Å². The third-order valence-corrected chi connectivity index (χ3v) is 3.72. The van der Waals surface area contributed by atoms with E-state index in [1.54, 1.807) is 0 Å². The normalized spacial score (nSPS) is 19.8. The van der Waals surface area contributed by atoms with E-state index < -0.39 is 0 Å². The number of carbonyl (C=O) groups excluding carboxylic acids is 1. The van der Waals surface area contributed by atoms with Crippen LogP contribution in [0.15, 0.2) is 27.1 Å². The number of rotatable bonds is 2. The number of halogens is 2. The summed E-state index contributed by atoms with van der Waals surface area (Å²) in [6.07, 6.45) is 1.99. The van der Waals surface area contributed by atoms with E-state index in [-0.39, 0.29) is 11.9 Å². The average molecular weight is 348 g/mol. The molecule has 1 aromatic carbocycles. The SMILES string of the molecule is O=C(Nc1ccc(Br)cc1Br)C1CCCN1. The molecule has 5 heteroatoms. The summed E-state index contributed by atoms with van der Waals surface area (Å²) in [4.78, 5) is 11.8. The number of benzene rings is 1. The molecule has 0 spiro atoms. The minimum atomic E-state index is -0.0458. The summed E-state index contributed by atoms with van der Waals surface area (Å²) < 4.78 is 1.87. The third kappa shape index (κ3) is 2.84. The van der Waals surface area contributed by atoms with Gasteiger partial charge in [-0.3, -0.25) is 4.79 Å². The van der Waals surface area contributed by atoms with Crippen LogP contribution in [0.1, 0.15) is 12.8 Å². The zero-order chi connectivity index (χ0) is 11.5. The molecule has 1 atom stereocenters. The van der Waals surface area contributed by atoms with Crippen LogP contribution in [0.2, 0.25) is 0 Å². The summed E-state index contributed by atoms with van der Waals surface area (Å²) in [6.45, 7) is 0.930. The lowest BCUT2D eigenvalue weighted by Crippen LogP contribution is -2.35. The molecule has 0 aromatic heterocycles. The minimum absolute atomic E-state index is 0.0422. The fraction of sp³-hybridized carbons (Fsp3) is 0.364. The molecule has 2 N–H and O–H groups in total. The second-order valence-corrected chi connectivity index (χ2v) is 5.53. The predicted octanol–water partition coefficient (Wildman–Crippen LogP) is 2.90. The van der Waals surface area contributed by atoms with Crippen molar-refractivity contribution in [2.24, 2.45) is 0 Å². The smallest absolute Gasteiger partial charge is 0.241 e. The number of amides is 1. The van der Waals surface area contributed by atoms with E-state index in [1.165, 1.54) is 0 Å². The van der Waals surface area contributed by atoms with E-state index in [9.17, 15) is 4.79 Å². The standard InChI is InChI=1S/C11H12Br2N2O/c12-7-3-4-9(8(13)6-7)15-11(16)10-2-1-5-14-10/h3-4,6,10,14H,1-2,5H2,(H,15,16). The number of hydrogen-bond acceptors (Lipinski definition) is 2. The number of hydrogen-bond donors (Lipinski definition) is 2. The molecular formula is C11H12Br2N2O. The maximum atomic E-state index is 11.8. The highest BCUT2D eigenvalue weighted by Crippen LogP contribution is 2.26. The molecule has 1 aliphatic heterocycles. The molecule has 3 nitrogen and oxygen atoms in total. The highest BCUT2D eigenvalue weighted by molar-refractivity contribution is 9.11. The number of carbonyl (C=O) groups is 1. The second kappa shape index (κ2) is 5.29. The Hall–Kier alpha value is -0.390. The largest absolute Gasteiger partial charge is 0.324 e. The summed E-state index contributed by atoms with van der Waals surface area (Å²) in [7, 11) is 0. The monoisotopic (exact) mass is 346 g/mol. The van der Waals surface area contributed by atoms with Gasteiger partial charge in [0.25, 0.3) is 0 Å². The molecule has 0 bridgehead atoms. The maximum Gasteiger partial charge on any atom is 0.241 e. The van der Waals surface area contributed by atoms with Crippen LogP contribution in [0.4, 0.5) is 5.69 Å². The van der Waals surface area contributed by atoms with Crippen molar-refractivity contribution in [2.45, 2.75) is 18.9 Å². The molecule has 1 fully saturated rings. The summed E-state index contributed by atoms with van der Waals surface area (Å²) in [5.41, 5.74) is 0.807. The van der Waals surface area contributed by atoms with Crippen LogP contribution in [0, 0.1) is 0 Å². The lowest BCUT2D eigenvalue weighted by Gasteiger charge is -2.12. The molecule has 1 saturated heterocycles. The maximum absolute atomic E-state index is 11.8. The Morgan fingerprint density at radius 3 is 2.88 bits per heavy atom. The van der Waals surface area contributed by atoms with Gasteiger partial charge in [0.05, 0.1) is 11.7 Å². The molecule has 1 amide bonds. The molecule has 0 saturated carbocycles. The average Bonchev–Trinajstić information content (AvgIpc) is 2.75. The van der Waals surface area contributed by atoms with Crippen LogP contribution in [0.3, 0.4) is 0 Å². The van der Waals surface area contributed by atoms with E-state index in [2.05, 4.69) is 42.5 Å². The highest BCUT2D eigenvalue weighted by atomic mass is 79.9. The van der Waals surface area contributed by atoms with Crippen LogP contribution >= 0.6 is 31.9 Å². The topological polar surface area (TPSA) is 41.1 Å². The Morgan fingerprint density at radius 2 is 2.25 bits per heavy atom. The molecule has 86 valence electrons. The molecular weight excluding hydrogens is 336 g/mol. The van der Waals surface area contributed by atoms with Crippen molar-refractivity contribution in [1.29, 1.82) is 0 Å². The first-order chi connectivity index (χ1) is 7.66. The van der Waals surface area contributed by atoms with Crippen LogP contribution < -0.4 is 10.6 Å². The minimum Gasteiger partial charge on any atom is -0.324 e. The Kier molecular flexibility index (Phi) is 4.00. The highest BCUT2D eigenvalue weighted by Gasteiger charge is 2.22. The molecule has 16 heavy (non-hydrogen) atoms. The van der Waals surface area contributed by atoms with E-state index in [0.717, 1.165) is 34.0 Å². The second-order valence-electron chi connectivity index (χ2n) is 3.76. The van der Waals surface area contributed by atoms with Crippen molar-refractivity contribution < 1.29 is 4.79 Å². The first-order valence-electron chi connectivity index (χ1n) is 5.16. The van der Waals surface area contributed by atoms with E-state index in [0.29, 0.717) is 0 Å². The van der Waals surface area contributed by atoms with Crippen molar-refractivity contribution in [3.8, 4) is 0 Å². The Labute approximate surface area is 111 Å². The van der Waals surface area contributed by atoms with Crippen molar-refractivity contribution in [3.63, 3.8) is 0 Å². The van der Waals surface area contributed by atoms with Gasteiger partial charge in [-0.15, -0.1) is 0 Å². The molecule has 1 aromatic rings. The lowest BCUT2D eigenvalue weighted by molar-refractivity contribution is -0.117. The zero-order valence-electron chi connectivity index (χ0n) is 8.59. The molecule has 0 radical (unpaired) electrons. The molecule has 0 aliphatic carbocycles. The van der Waals surface area contributed by atoms with E-state index >= 15 is 0 Å². The number of nitrogens with one attached hydrogen (secondary N) is 2. The molecule has 2 rings (SSSR count). The summed E-state index contributed by atoms with van der Waals surface area (Å²) >= 11 is 6.79. The summed E-state index contributed by atoms with van der Waals surface area (Å²) in [5.74, 6) is 0.0422. The van der Waals surface area contributed by atoms with Gasteiger partial charge < -0.3 is 10.6 Å². The zero-order valence-corrected chi connectivity index (χ0v) is 11.8. The quantitative estimate of drug-likeness (QED) is 0.863. The van der Waals surface area contributed by atoms with Crippen molar-refractivity contribution in [2.75, 3.05) is 11.9 Å². The van der Waals surface area contributed by atoms with Gasteiger partial charge in [-0.25, -0.2) is 0 Å². The van der Waals surface area contributed by atoms with Crippen molar-refractivity contribution in [3.05, 3.63) is 27.1 Å². The van der Waals surface area contributed by atoms with Gasteiger partial charge in [0.2, 0.25) is 5.91 Å². The van der Waals surface area contributed by atoms with Crippen molar-refractivity contribution >= 4 is 43.5 Å². The Morgan fingerprint density at radius 1 is 1.44 bits per heavy atom. The summed E-state index contributed by atoms with van der Waals surface area (Å²) in [5, 5.41) is 6.08. The van der Waals surface area contributed by atoms with Gasteiger partial charge >= 0.3 is 0 Å². The van der Waals surface area contributed by atoms with Gasteiger partial charge in [0, 0.05) is 8.95 Å². The third-order valence-electron chi connectivity index (χ3n) is 2.57. The first kappa shape index (κ1) is 12.1. The van der Waals surface area contributed by atoms with E-state index in [1.807, 2.05) is 18.2 Å². The van der Waals surface area contributed by atoms with Crippen LogP contribution in [-0.2, 0) is 4.79 Å². The summed E-state index contributed by atoms with van der Waals surface area (Å²) in [6, 6.07) is 5.65. The van der Waals surface area contributed by atoms with Gasteiger partial charge in [-0.2, -0.15) is 0 Å². The Bertz CT molecular complexity index is 403. The van der Waals surface area contributed by atoms with Gasteiger partial charge in [-0.05, 0) is 53.5 Å². The van der Waals surface area contributed by atoms with Gasteiger partial charge in [-0.1, -0.05) is 15.9 Å². The van der Waals surface area contributed by atoms with Crippen LogP contribution in [0.5, 0.6) is 0 Å². The fourth-order valence-corrected chi connectivity index (χ4v) is 2.87. The molecule has 1 aliphatic rings. The number of anilines is 1. The fourth-order valence-electron chi connectivity index (χ4n) is 1.72. The van der Waals surface area contributed by atoms with Crippen molar-refractivity contribution in [1.82, 2.24) is 5.32 Å². The van der Waals surface area contributed by atoms with Gasteiger partial charge in [0.1, 0.15) is 0 Å². The Balaban J connectivity index is 2.05. The first-order valence-corrected chi connectivity index (χ1v) is 6.75. The predicted molar refractivity (Wildman–Crippen MR) is 71.5 cm³/mol. The van der Waals surface area contributed by atoms with Crippen LogP contribution in [0.25, 0.3) is 0 Å². The lowest BCUT2D eigenvalue weighted by atomic mass is 10.2. The van der Waals surface area contributed by atoms with Gasteiger partial charge in [0.15, 0.2) is 0 Å². The molecule has 1 unspecified atom stereocenters.